The van der Waals surface area contributed by atoms with Crippen molar-refractivity contribution < 1.29 is 4.39 Å². The summed E-state index contributed by atoms with van der Waals surface area (Å²) < 4.78 is 15.2. The molecule has 0 saturated heterocycles. The standard InChI is InChI=1S/C21H27FN4O/c1-23-20(24-12-3-5-14-26-13-4-2-9-19(26)27)25-16-21(10-11-21)17-7-6-8-18(22)15-17/h2,4,6-9,13,15H,3,5,10-12,14,16H2,1H3,(H2,23,24,25). The van der Waals surface area contributed by atoms with Gasteiger partial charge in [0, 0.05) is 44.4 Å². The molecule has 27 heavy (non-hydrogen) atoms. The summed E-state index contributed by atoms with van der Waals surface area (Å²) in [6, 6.07) is 12.1. The molecule has 1 aliphatic rings. The van der Waals surface area contributed by atoms with Crippen LogP contribution in [0.4, 0.5) is 4.39 Å². The highest BCUT2D eigenvalue weighted by Crippen LogP contribution is 2.47. The largest absolute Gasteiger partial charge is 0.356 e. The van der Waals surface area contributed by atoms with E-state index in [1.165, 1.54) is 6.07 Å². The van der Waals surface area contributed by atoms with Crippen LogP contribution in [0.15, 0.2) is 58.4 Å². The van der Waals surface area contributed by atoms with Crippen LogP contribution >= 0.6 is 0 Å². The molecule has 2 aromatic rings. The van der Waals surface area contributed by atoms with E-state index in [1.807, 2.05) is 18.3 Å². The molecule has 5 nitrogen and oxygen atoms in total. The van der Waals surface area contributed by atoms with Gasteiger partial charge in [0.1, 0.15) is 5.82 Å². The summed E-state index contributed by atoms with van der Waals surface area (Å²) in [5, 5.41) is 6.68. The first-order chi connectivity index (χ1) is 13.1. The smallest absolute Gasteiger partial charge is 0.250 e. The maximum atomic E-state index is 13.5. The van der Waals surface area contributed by atoms with Crippen LogP contribution in [0.25, 0.3) is 0 Å². The minimum absolute atomic E-state index is 0.0220. The highest BCUT2D eigenvalue weighted by atomic mass is 19.1. The fourth-order valence-corrected chi connectivity index (χ4v) is 3.27. The van der Waals surface area contributed by atoms with E-state index < -0.39 is 0 Å². The van der Waals surface area contributed by atoms with Crippen LogP contribution in [0.2, 0.25) is 0 Å². The number of pyridine rings is 1. The second-order valence-corrected chi connectivity index (χ2v) is 7.08. The molecular weight excluding hydrogens is 343 g/mol. The van der Waals surface area contributed by atoms with Crippen molar-refractivity contribution in [2.45, 2.75) is 37.6 Å². The molecule has 1 aromatic heterocycles. The second-order valence-electron chi connectivity index (χ2n) is 7.08. The average Bonchev–Trinajstić information content (AvgIpc) is 3.46. The van der Waals surface area contributed by atoms with Crippen LogP contribution in [-0.4, -0.2) is 30.7 Å². The van der Waals surface area contributed by atoms with Gasteiger partial charge in [-0.2, -0.15) is 0 Å². The number of aromatic nitrogens is 1. The minimum Gasteiger partial charge on any atom is -0.356 e. The molecule has 1 heterocycles. The van der Waals surface area contributed by atoms with Crippen LogP contribution in [0.5, 0.6) is 0 Å². The van der Waals surface area contributed by atoms with Crippen molar-refractivity contribution in [3.63, 3.8) is 0 Å². The quantitative estimate of drug-likeness (QED) is 0.427. The summed E-state index contributed by atoms with van der Waals surface area (Å²) in [5.74, 6) is 0.577. The number of hydrogen-bond donors (Lipinski definition) is 2. The molecule has 2 N–H and O–H groups in total. The Labute approximate surface area is 159 Å². The van der Waals surface area contributed by atoms with E-state index in [0.29, 0.717) is 0 Å². The van der Waals surface area contributed by atoms with E-state index in [4.69, 9.17) is 0 Å². The Balaban J connectivity index is 1.40. The van der Waals surface area contributed by atoms with Crippen LogP contribution in [-0.2, 0) is 12.0 Å². The van der Waals surface area contributed by atoms with Gasteiger partial charge in [-0.05, 0) is 49.4 Å². The highest BCUT2D eigenvalue weighted by Gasteiger charge is 2.44. The predicted molar refractivity (Wildman–Crippen MR) is 107 cm³/mol. The van der Waals surface area contributed by atoms with E-state index in [-0.39, 0.29) is 16.8 Å². The monoisotopic (exact) mass is 370 g/mol. The van der Waals surface area contributed by atoms with Crippen molar-refractivity contribution >= 4 is 5.96 Å². The van der Waals surface area contributed by atoms with Crippen LogP contribution in [0, 0.1) is 5.82 Å². The van der Waals surface area contributed by atoms with Gasteiger partial charge in [0.25, 0.3) is 0 Å². The predicted octanol–water partition coefficient (Wildman–Crippen LogP) is 2.66. The van der Waals surface area contributed by atoms with Gasteiger partial charge >= 0.3 is 0 Å². The molecule has 0 atom stereocenters. The molecule has 6 heteroatoms. The summed E-state index contributed by atoms with van der Waals surface area (Å²) in [6.07, 6.45) is 5.80. The summed E-state index contributed by atoms with van der Waals surface area (Å²) in [5.41, 5.74) is 1.11. The molecule has 3 rings (SSSR count). The van der Waals surface area contributed by atoms with Crippen molar-refractivity contribution in [3.05, 3.63) is 70.4 Å². The van der Waals surface area contributed by atoms with Gasteiger partial charge in [0.2, 0.25) is 5.56 Å². The van der Waals surface area contributed by atoms with E-state index in [9.17, 15) is 9.18 Å². The summed E-state index contributed by atoms with van der Waals surface area (Å²) in [6.45, 7) is 2.25. The molecule has 1 aromatic carbocycles. The van der Waals surface area contributed by atoms with Gasteiger partial charge in [0.15, 0.2) is 5.96 Å². The molecule has 0 amide bonds. The minimum atomic E-state index is -0.182. The number of hydrogen-bond acceptors (Lipinski definition) is 2. The molecule has 1 fully saturated rings. The lowest BCUT2D eigenvalue weighted by atomic mass is 9.96. The number of nitrogens with zero attached hydrogens (tertiary/aromatic N) is 2. The molecular formula is C21H27FN4O. The number of halogens is 1. The molecule has 0 unspecified atom stereocenters. The molecule has 1 saturated carbocycles. The van der Waals surface area contributed by atoms with Crippen LogP contribution in [0.3, 0.4) is 0 Å². The topological polar surface area (TPSA) is 58.4 Å². The molecule has 1 aliphatic carbocycles. The Morgan fingerprint density at radius 3 is 2.74 bits per heavy atom. The number of benzene rings is 1. The maximum Gasteiger partial charge on any atom is 0.250 e. The zero-order chi connectivity index (χ0) is 19.1. The van der Waals surface area contributed by atoms with E-state index in [0.717, 1.165) is 56.8 Å². The average molecular weight is 370 g/mol. The van der Waals surface area contributed by atoms with Crippen molar-refractivity contribution in [1.29, 1.82) is 0 Å². The second kappa shape index (κ2) is 8.84. The Morgan fingerprint density at radius 1 is 1.19 bits per heavy atom. The fourth-order valence-electron chi connectivity index (χ4n) is 3.27. The molecule has 0 radical (unpaired) electrons. The molecule has 0 aliphatic heterocycles. The number of unbranched alkanes of at least 4 members (excludes halogenated alkanes) is 1. The highest BCUT2D eigenvalue weighted by molar-refractivity contribution is 5.79. The third-order valence-electron chi connectivity index (χ3n) is 5.13. The van der Waals surface area contributed by atoms with E-state index >= 15 is 0 Å². The van der Waals surface area contributed by atoms with E-state index in [2.05, 4.69) is 15.6 Å². The van der Waals surface area contributed by atoms with Gasteiger partial charge < -0.3 is 15.2 Å². The summed E-state index contributed by atoms with van der Waals surface area (Å²) in [4.78, 5) is 15.9. The Bertz CT molecular complexity index is 842. The van der Waals surface area contributed by atoms with Gasteiger partial charge in [-0.3, -0.25) is 9.79 Å². The van der Waals surface area contributed by atoms with Gasteiger partial charge in [-0.1, -0.05) is 18.2 Å². The maximum absolute atomic E-state index is 13.5. The van der Waals surface area contributed by atoms with E-state index in [1.54, 1.807) is 35.9 Å². The first kappa shape index (κ1) is 19.1. The van der Waals surface area contributed by atoms with Crippen molar-refractivity contribution in [1.82, 2.24) is 15.2 Å². The Morgan fingerprint density at radius 2 is 2.04 bits per heavy atom. The van der Waals surface area contributed by atoms with Gasteiger partial charge in [0.05, 0.1) is 0 Å². The van der Waals surface area contributed by atoms with Crippen molar-refractivity contribution in [3.8, 4) is 0 Å². The third-order valence-corrected chi connectivity index (χ3v) is 5.13. The fraction of sp³-hybridized carbons (Fsp3) is 0.429. The van der Waals surface area contributed by atoms with Gasteiger partial charge in [-0.15, -0.1) is 0 Å². The number of rotatable bonds is 8. The first-order valence-corrected chi connectivity index (χ1v) is 9.49. The first-order valence-electron chi connectivity index (χ1n) is 9.49. The van der Waals surface area contributed by atoms with Crippen LogP contribution in [0.1, 0.15) is 31.2 Å². The molecule has 0 spiro atoms. The summed E-state index contributed by atoms with van der Waals surface area (Å²) >= 11 is 0. The summed E-state index contributed by atoms with van der Waals surface area (Å²) in [7, 11) is 1.75. The Hall–Kier alpha value is -2.63. The Kier molecular flexibility index (Phi) is 6.27. The lowest BCUT2D eigenvalue weighted by molar-refractivity contribution is 0.581. The van der Waals surface area contributed by atoms with Crippen LogP contribution < -0.4 is 16.2 Å². The molecule has 0 bridgehead atoms. The molecule has 144 valence electrons. The zero-order valence-electron chi connectivity index (χ0n) is 15.7. The number of aryl methyl sites for hydroxylation is 1. The lowest BCUT2D eigenvalue weighted by Gasteiger charge is -2.19. The van der Waals surface area contributed by atoms with Crippen molar-refractivity contribution in [2.75, 3.05) is 20.1 Å². The number of aliphatic imine (C=N–C) groups is 1. The van der Waals surface area contributed by atoms with Gasteiger partial charge in [-0.25, -0.2) is 4.39 Å². The SMILES string of the molecule is CN=C(NCCCCn1ccccc1=O)NCC1(c2cccc(F)c2)CC1. The number of nitrogens with one attached hydrogen (secondary N) is 2. The zero-order valence-corrected chi connectivity index (χ0v) is 15.7. The van der Waals surface area contributed by atoms with Crippen molar-refractivity contribution in [2.24, 2.45) is 4.99 Å². The lowest BCUT2D eigenvalue weighted by Crippen LogP contribution is -2.41. The third kappa shape index (κ3) is 5.18. The normalized spacial score (nSPS) is 15.4. The number of guanidine groups is 1.